The molecule has 2 heteroatoms. The van der Waals surface area contributed by atoms with Gasteiger partial charge in [0.15, 0.2) is 0 Å². The average molecular weight is 315 g/mol. The van der Waals surface area contributed by atoms with Gasteiger partial charge in [-0.1, -0.05) is 63.2 Å². The van der Waals surface area contributed by atoms with Crippen LogP contribution in [-0.2, 0) is 11.8 Å². The molecule has 0 radical (unpaired) electrons. The fraction of sp³-hybridized carbons (Fsp3) is 0.227. The molecule has 0 amide bonds. The third-order valence-corrected chi connectivity index (χ3v) is 4.62. The molecule has 0 aliphatic heterocycles. The van der Waals surface area contributed by atoms with E-state index in [0.29, 0.717) is 5.88 Å². The number of nitrogens with zero attached hydrogens (tertiary/aromatic N) is 1. The molecule has 1 aliphatic carbocycles. The van der Waals surface area contributed by atoms with Gasteiger partial charge in [-0.2, -0.15) is 0 Å². The fourth-order valence-corrected chi connectivity index (χ4v) is 3.22. The number of hydrogen-bond donors (Lipinski definition) is 0. The van der Waals surface area contributed by atoms with E-state index >= 15 is 0 Å². The Balaban J connectivity index is 1.65. The first-order valence-electron chi connectivity index (χ1n) is 8.37. The van der Waals surface area contributed by atoms with Gasteiger partial charge >= 0.3 is 0 Å². The number of hydrogen-bond acceptors (Lipinski definition) is 2. The van der Waals surface area contributed by atoms with Crippen LogP contribution >= 0.6 is 0 Å². The molecule has 0 bridgehead atoms. The third kappa shape index (κ3) is 2.58. The predicted octanol–water partition coefficient (Wildman–Crippen LogP) is 5.74. The Morgan fingerprint density at radius 2 is 1.67 bits per heavy atom. The monoisotopic (exact) mass is 315 g/mol. The van der Waals surface area contributed by atoms with Crippen LogP contribution in [0.3, 0.4) is 0 Å². The van der Waals surface area contributed by atoms with Gasteiger partial charge in [-0.3, -0.25) is 0 Å². The van der Waals surface area contributed by atoms with Crippen LogP contribution in [0.25, 0.3) is 11.1 Å². The minimum atomic E-state index is 0.0984. The standard InChI is InChI=1S/C22H21NO/c1-22(2,3)16-11-12-21(23-14-16)24-20-10-6-9-18-17-8-5-4-7-15(17)13-19(18)20/h4-12,14H,13H2,1-3H3. The van der Waals surface area contributed by atoms with Gasteiger partial charge in [0.25, 0.3) is 0 Å². The van der Waals surface area contributed by atoms with Crippen LogP contribution in [0, 0.1) is 0 Å². The highest BCUT2D eigenvalue weighted by atomic mass is 16.5. The smallest absolute Gasteiger partial charge is 0.219 e. The zero-order valence-corrected chi connectivity index (χ0v) is 14.3. The van der Waals surface area contributed by atoms with Crippen LogP contribution in [0.2, 0.25) is 0 Å². The van der Waals surface area contributed by atoms with Gasteiger partial charge in [-0.15, -0.1) is 0 Å². The number of benzene rings is 2. The summed E-state index contributed by atoms with van der Waals surface area (Å²) in [5.41, 5.74) is 6.50. The van der Waals surface area contributed by atoms with Gasteiger partial charge in [0.1, 0.15) is 5.75 Å². The summed E-state index contributed by atoms with van der Waals surface area (Å²) in [6.07, 6.45) is 2.83. The molecule has 1 heterocycles. The largest absolute Gasteiger partial charge is 0.439 e. The minimum Gasteiger partial charge on any atom is -0.439 e. The number of pyridine rings is 1. The fourth-order valence-electron chi connectivity index (χ4n) is 3.22. The lowest BCUT2D eigenvalue weighted by atomic mass is 9.88. The molecule has 0 unspecified atom stereocenters. The van der Waals surface area contributed by atoms with Gasteiger partial charge < -0.3 is 4.74 Å². The topological polar surface area (TPSA) is 22.1 Å². The molecule has 2 aromatic carbocycles. The molecular weight excluding hydrogens is 294 g/mol. The van der Waals surface area contributed by atoms with E-state index < -0.39 is 0 Å². The first kappa shape index (κ1) is 14.9. The van der Waals surface area contributed by atoms with Gasteiger partial charge in [-0.05, 0) is 33.7 Å². The van der Waals surface area contributed by atoms with Crippen LogP contribution in [0.4, 0.5) is 0 Å². The van der Waals surface area contributed by atoms with Crippen molar-refractivity contribution in [2.45, 2.75) is 32.6 Å². The maximum absolute atomic E-state index is 6.11. The highest BCUT2D eigenvalue weighted by molar-refractivity contribution is 5.79. The molecule has 2 nitrogen and oxygen atoms in total. The molecule has 1 aromatic heterocycles. The van der Waals surface area contributed by atoms with Crippen molar-refractivity contribution < 1.29 is 4.74 Å². The van der Waals surface area contributed by atoms with E-state index in [9.17, 15) is 0 Å². The van der Waals surface area contributed by atoms with Gasteiger partial charge in [0.05, 0.1) is 0 Å². The Hall–Kier alpha value is -2.61. The van der Waals surface area contributed by atoms with Gasteiger partial charge in [-0.25, -0.2) is 4.98 Å². The number of aromatic nitrogens is 1. The molecule has 0 saturated carbocycles. The molecule has 1 aliphatic rings. The van der Waals surface area contributed by atoms with Gasteiger partial charge in [0, 0.05) is 24.2 Å². The highest BCUT2D eigenvalue weighted by Crippen LogP contribution is 2.42. The maximum Gasteiger partial charge on any atom is 0.219 e. The van der Waals surface area contributed by atoms with E-state index in [4.69, 9.17) is 4.74 Å². The SMILES string of the molecule is CC(C)(C)c1ccc(Oc2cccc3c2Cc2ccccc2-3)nc1. The minimum absolute atomic E-state index is 0.0984. The molecule has 24 heavy (non-hydrogen) atoms. The molecular formula is C22H21NO. The number of ether oxygens (including phenoxy) is 1. The lowest BCUT2D eigenvalue weighted by molar-refractivity contribution is 0.457. The lowest BCUT2D eigenvalue weighted by Gasteiger charge is -2.18. The number of fused-ring (bicyclic) bond motifs is 3. The molecule has 120 valence electrons. The summed E-state index contributed by atoms with van der Waals surface area (Å²) in [7, 11) is 0. The van der Waals surface area contributed by atoms with Crippen LogP contribution in [0.15, 0.2) is 60.8 Å². The van der Waals surface area contributed by atoms with Crippen LogP contribution in [0.1, 0.15) is 37.5 Å². The van der Waals surface area contributed by atoms with Crippen molar-refractivity contribution in [1.82, 2.24) is 4.98 Å². The van der Waals surface area contributed by atoms with E-state index in [1.807, 2.05) is 18.3 Å². The zero-order chi connectivity index (χ0) is 16.7. The van der Waals surface area contributed by atoms with Crippen molar-refractivity contribution in [3.8, 4) is 22.8 Å². The van der Waals surface area contributed by atoms with Crippen molar-refractivity contribution in [2.75, 3.05) is 0 Å². The second-order valence-electron chi connectivity index (χ2n) is 7.35. The Bertz CT molecular complexity index is 889. The zero-order valence-electron chi connectivity index (χ0n) is 14.3. The second-order valence-corrected chi connectivity index (χ2v) is 7.35. The van der Waals surface area contributed by atoms with Crippen LogP contribution in [-0.4, -0.2) is 4.98 Å². The normalized spacial score (nSPS) is 12.6. The molecule has 4 rings (SSSR count). The Labute approximate surface area is 143 Å². The highest BCUT2D eigenvalue weighted by Gasteiger charge is 2.22. The van der Waals surface area contributed by atoms with Crippen molar-refractivity contribution in [1.29, 1.82) is 0 Å². The average Bonchev–Trinajstić information content (AvgIpc) is 2.94. The molecule has 0 fully saturated rings. The molecule has 0 atom stereocenters. The predicted molar refractivity (Wildman–Crippen MR) is 97.7 cm³/mol. The van der Waals surface area contributed by atoms with E-state index in [1.165, 1.54) is 27.8 Å². The Morgan fingerprint density at radius 3 is 2.42 bits per heavy atom. The quantitative estimate of drug-likeness (QED) is 0.470. The first-order chi connectivity index (χ1) is 11.5. The van der Waals surface area contributed by atoms with E-state index in [1.54, 1.807) is 0 Å². The molecule has 0 N–H and O–H groups in total. The molecule has 0 spiro atoms. The third-order valence-electron chi connectivity index (χ3n) is 4.62. The molecule has 0 saturated heterocycles. The van der Waals surface area contributed by atoms with Gasteiger partial charge in [0.2, 0.25) is 5.88 Å². The lowest BCUT2D eigenvalue weighted by Crippen LogP contribution is -2.11. The summed E-state index contributed by atoms with van der Waals surface area (Å²) < 4.78 is 6.11. The summed E-state index contributed by atoms with van der Waals surface area (Å²) in [5, 5.41) is 0. The van der Waals surface area contributed by atoms with Crippen molar-refractivity contribution in [2.24, 2.45) is 0 Å². The summed E-state index contributed by atoms with van der Waals surface area (Å²) in [6, 6.07) is 18.9. The molecule has 3 aromatic rings. The van der Waals surface area contributed by atoms with Crippen molar-refractivity contribution in [3.63, 3.8) is 0 Å². The first-order valence-corrected chi connectivity index (χ1v) is 8.37. The van der Waals surface area contributed by atoms with Crippen molar-refractivity contribution >= 4 is 0 Å². The van der Waals surface area contributed by atoms with Crippen molar-refractivity contribution in [3.05, 3.63) is 77.5 Å². The summed E-state index contributed by atoms with van der Waals surface area (Å²) >= 11 is 0. The Kier molecular flexibility index (Phi) is 3.42. The maximum atomic E-state index is 6.11. The van der Waals surface area contributed by atoms with Crippen LogP contribution < -0.4 is 4.74 Å². The Morgan fingerprint density at radius 1 is 0.875 bits per heavy atom. The summed E-state index contributed by atoms with van der Waals surface area (Å²) in [4.78, 5) is 4.49. The van der Waals surface area contributed by atoms with Crippen LogP contribution in [0.5, 0.6) is 11.6 Å². The van der Waals surface area contributed by atoms with E-state index in [2.05, 4.69) is 68.2 Å². The van der Waals surface area contributed by atoms with E-state index in [-0.39, 0.29) is 5.41 Å². The summed E-state index contributed by atoms with van der Waals surface area (Å²) in [5.74, 6) is 1.55. The van der Waals surface area contributed by atoms with E-state index in [0.717, 1.165) is 12.2 Å². The summed E-state index contributed by atoms with van der Waals surface area (Å²) in [6.45, 7) is 6.56. The number of rotatable bonds is 2. The second kappa shape index (κ2) is 5.48.